The molecule has 0 bridgehead atoms. The second kappa shape index (κ2) is 10.3. The number of aryl methyl sites for hydroxylation is 1. The second-order valence-corrected chi connectivity index (χ2v) is 7.14. The van der Waals surface area contributed by atoms with Gasteiger partial charge in [0.1, 0.15) is 11.8 Å². The maximum absolute atomic E-state index is 12.4. The summed E-state index contributed by atoms with van der Waals surface area (Å²) in [5.74, 6) is -0.0618. The van der Waals surface area contributed by atoms with Crippen molar-refractivity contribution in [3.05, 3.63) is 90.0 Å². The molecule has 0 spiro atoms. The Hall–Kier alpha value is -3.60. The summed E-state index contributed by atoms with van der Waals surface area (Å²) in [5, 5.41) is 2.76. The number of carbonyl (C=O) groups is 2. The molecular weight excluding hydrogens is 376 g/mol. The minimum atomic E-state index is -0.759. The van der Waals surface area contributed by atoms with Crippen LogP contribution in [-0.4, -0.2) is 25.0 Å². The molecule has 3 aromatic carbocycles. The molecule has 154 valence electrons. The smallest absolute Gasteiger partial charge is 0.240 e. The van der Waals surface area contributed by atoms with Crippen molar-refractivity contribution < 1.29 is 14.3 Å². The Morgan fingerprint density at radius 3 is 2.27 bits per heavy atom. The van der Waals surface area contributed by atoms with E-state index in [0.717, 1.165) is 22.3 Å². The zero-order valence-electron chi connectivity index (χ0n) is 17.0. The van der Waals surface area contributed by atoms with Gasteiger partial charge in [-0.05, 0) is 40.8 Å². The molecule has 0 radical (unpaired) electrons. The van der Waals surface area contributed by atoms with Crippen molar-refractivity contribution in [2.24, 2.45) is 5.73 Å². The number of ether oxygens (including phenoxy) is 1. The van der Waals surface area contributed by atoms with Gasteiger partial charge < -0.3 is 15.8 Å². The van der Waals surface area contributed by atoms with Crippen LogP contribution in [0.4, 0.5) is 0 Å². The monoisotopic (exact) mass is 402 g/mol. The highest BCUT2D eigenvalue weighted by atomic mass is 16.5. The van der Waals surface area contributed by atoms with Gasteiger partial charge in [0.05, 0.1) is 7.11 Å². The minimum absolute atomic E-state index is 0.200. The molecule has 2 amide bonds. The van der Waals surface area contributed by atoms with Gasteiger partial charge in [-0.25, -0.2) is 0 Å². The summed E-state index contributed by atoms with van der Waals surface area (Å²) in [4.78, 5) is 24.2. The number of rotatable bonds is 9. The molecule has 3 aromatic rings. The molecule has 30 heavy (non-hydrogen) atoms. The summed E-state index contributed by atoms with van der Waals surface area (Å²) in [7, 11) is 1.58. The lowest BCUT2D eigenvalue weighted by Gasteiger charge is -2.16. The molecule has 5 nitrogen and oxygen atoms in total. The van der Waals surface area contributed by atoms with Gasteiger partial charge in [0, 0.05) is 12.8 Å². The van der Waals surface area contributed by atoms with Crippen LogP contribution in [0, 0.1) is 0 Å². The van der Waals surface area contributed by atoms with E-state index < -0.39 is 11.9 Å². The van der Waals surface area contributed by atoms with Crippen LogP contribution < -0.4 is 15.8 Å². The third-order valence-electron chi connectivity index (χ3n) is 4.95. The van der Waals surface area contributed by atoms with Gasteiger partial charge in [0.2, 0.25) is 11.8 Å². The van der Waals surface area contributed by atoms with Crippen LogP contribution in [0.15, 0.2) is 78.9 Å². The fourth-order valence-electron chi connectivity index (χ4n) is 3.28. The fourth-order valence-corrected chi connectivity index (χ4v) is 3.28. The Morgan fingerprint density at radius 2 is 1.60 bits per heavy atom. The first kappa shape index (κ1) is 21.1. The Labute approximate surface area is 176 Å². The van der Waals surface area contributed by atoms with Crippen LogP contribution >= 0.6 is 0 Å². The molecule has 0 aliphatic rings. The molecule has 0 fully saturated rings. The third kappa shape index (κ3) is 5.95. The van der Waals surface area contributed by atoms with Crippen molar-refractivity contribution in [1.82, 2.24) is 5.32 Å². The van der Waals surface area contributed by atoms with Crippen molar-refractivity contribution >= 4 is 11.8 Å². The number of methoxy groups -OCH3 is 1. The van der Waals surface area contributed by atoms with Gasteiger partial charge >= 0.3 is 0 Å². The minimum Gasteiger partial charge on any atom is -0.497 e. The van der Waals surface area contributed by atoms with Crippen LogP contribution in [-0.2, 0) is 22.4 Å². The van der Waals surface area contributed by atoms with E-state index in [1.165, 1.54) is 0 Å². The number of hydrogen-bond acceptors (Lipinski definition) is 3. The summed E-state index contributed by atoms with van der Waals surface area (Å²) < 4.78 is 5.20. The van der Waals surface area contributed by atoms with E-state index in [1.54, 1.807) is 7.11 Å². The van der Waals surface area contributed by atoms with E-state index in [4.69, 9.17) is 10.5 Å². The van der Waals surface area contributed by atoms with Crippen LogP contribution in [0.5, 0.6) is 5.75 Å². The Morgan fingerprint density at radius 1 is 0.900 bits per heavy atom. The molecule has 1 atom stereocenters. The van der Waals surface area contributed by atoms with E-state index in [-0.39, 0.29) is 12.3 Å². The van der Waals surface area contributed by atoms with Crippen molar-refractivity contribution in [2.45, 2.75) is 25.3 Å². The molecule has 0 saturated heterocycles. The van der Waals surface area contributed by atoms with Gasteiger partial charge in [-0.15, -0.1) is 0 Å². The summed E-state index contributed by atoms with van der Waals surface area (Å²) >= 11 is 0. The lowest BCUT2D eigenvalue weighted by molar-refractivity contribution is -0.127. The SMILES string of the molecule is COc1cccc(C[C@H](NC(=O)CCc2ccc(-c3ccccc3)cc2)C(N)=O)c1. The number of amides is 2. The van der Waals surface area contributed by atoms with E-state index in [1.807, 2.05) is 54.6 Å². The zero-order chi connectivity index (χ0) is 21.3. The van der Waals surface area contributed by atoms with Gasteiger partial charge in [-0.1, -0.05) is 66.7 Å². The summed E-state index contributed by atoms with van der Waals surface area (Å²) in [5.41, 5.74) is 9.72. The Bertz CT molecular complexity index is 985. The molecule has 0 heterocycles. The van der Waals surface area contributed by atoms with E-state index >= 15 is 0 Å². The average molecular weight is 402 g/mol. The van der Waals surface area contributed by atoms with Crippen LogP contribution in [0.2, 0.25) is 0 Å². The quantitative estimate of drug-likeness (QED) is 0.575. The number of hydrogen-bond donors (Lipinski definition) is 2. The fraction of sp³-hybridized carbons (Fsp3) is 0.200. The lowest BCUT2D eigenvalue weighted by atomic mass is 10.0. The molecule has 5 heteroatoms. The molecule has 0 saturated carbocycles. The van der Waals surface area contributed by atoms with Crippen LogP contribution in [0.1, 0.15) is 17.5 Å². The number of primary amides is 1. The normalized spacial score (nSPS) is 11.5. The van der Waals surface area contributed by atoms with Crippen molar-refractivity contribution in [3.8, 4) is 16.9 Å². The molecule has 0 unspecified atom stereocenters. The van der Waals surface area contributed by atoms with Gasteiger partial charge in [-0.3, -0.25) is 9.59 Å². The molecule has 0 aliphatic carbocycles. The van der Waals surface area contributed by atoms with Crippen molar-refractivity contribution in [2.75, 3.05) is 7.11 Å². The largest absolute Gasteiger partial charge is 0.497 e. The topological polar surface area (TPSA) is 81.4 Å². The maximum atomic E-state index is 12.4. The predicted octanol–water partition coefficient (Wildman–Crippen LogP) is 3.51. The Balaban J connectivity index is 1.54. The number of benzene rings is 3. The first-order valence-electron chi connectivity index (χ1n) is 9.91. The van der Waals surface area contributed by atoms with Crippen molar-refractivity contribution in [3.63, 3.8) is 0 Å². The molecule has 3 N–H and O–H groups in total. The highest BCUT2D eigenvalue weighted by Gasteiger charge is 2.18. The Kier molecular flexibility index (Phi) is 7.22. The zero-order valence-corrected chi connectivity index (χ0v) is 17.0. The van der Waals surface area contributed by atoms with Gasteiger partial charge in [0.25, 0.3) is 0 Å². The van der Waals surface area contributed by atoms with E-state index in [9.17, 15) is 9.59 Å². The molecular formula is C25H26N2O3. The number of carbonyl (C=O) groups excluding carboxylic acids is 2. The van der Waals surface area contributed by atoms with Gasteiger partial charge in [0.15, 0.2) is 0 Å². The third-order valence-corrected chi connectivity index (χ3v) is 4.95. The second-order valence-electron chi connectivity index (χ2n) is 7.14. The predicted molar refractivity (Wildman–Crippen MR) is 118 cm³/mol. The van der Waals surface area contributed by atoms with Crippen molar-refractivity contribution in [1.29, 1.82) is 0 Å². The maximum Gasteiger partial charge on any atom is 0.240 e. The average Bonchev–Trinajstić information content (AvgIpc) is 2.78. The molecule has 3 rings (SSSR count). The summed E-state index contributed by atoms with van der Waals surface area (Å²) in [6.07, 6.45) is 1.20. The number of nitrogens with one attached hydrogen (secondary N) is 1. The lowest BCUT2D eigenvalue weighted by Crippen LogP contribution is -2.45. The standard InChI is InChI=1S/C25H26N2O3/c1-30-22-9-5-6-19(16-22)17-23(25(26)29)27-24(28)15-12-18-10-13-21(14-11-18)20-7-3-2-4-8-20/h2-11,13-14,16,23H,12,15,17H2,1H3,(H2,26,29)(H,27,28)/t23-/m0/s1. The van der Waals surface area contributed by atoms with Crippen LogP contribution in [0.25, 0.3) is 11.1 Å². The number of nitrogens with two attached hydrogens (primary N) is 1. The molecule has 0 aromatic heterocycles. The summed E-state index contributed by atoms with van der Waals surface area (Å²) in [6, 6.07) is 24.9. The first-order valence-corrected chi connectivity index (χ1v) is 9.91. The van der Waals surface area contributed by atoms with E-state index in [2.05, 4.69) is 29.6 Å². The van der Waals surface area contributed by atoms with Crippen LogP contribution in [0.3, 0.4) is 0 Å². The first-order chi connectivity index (χ1) is 14.5. The highest BCUT2D eigenvalue weighted by molar-refractivity contribution is 5.86. The van der Waals surface area contributed by atoms with Gasteiger partial charge in [-0.2, -0.15) is 0 Å². The highest BCUT2D eigenvalue weighted by Crippen LogP contribution is 2.20. The molecule has 0 aliphatic heterocycles. The summed E-state index contributed by atoms with van der Waals surface area (Å²) in [6.45, 7) is 0. The van der Waals surface area contributed by atoms with E-state index in [0.29, 0.717) is 18.6 Å².